The Kier molecular flexibility index (Phi) is 4.55. The van der Waals surface area contributed by atoms with Crippen LogP contribution in [0.5, 0.6) is 6.08 Å². The molecule has 1 aromatic heterocycles. The number of fused-ring (bicyclic) bond motifs is 1. The summed E-state index contributed by atoms with van der Waals surface area (Å²) < 4.78 is 10.4. The van der Waals surface area contributed by atoms with Crippen LogP contribution in [0, 0.1) is 5.92 Å². The molecule has 102 valence electrons. The summed E-state index contributed by atoms with van der Waals surface area (Å²) in [6, 6.07) is 7.09. The van der Waals surface area contributed by atoms with Gasteiger partial charge in [-0.05, 0) is 30.9 Å². The molecule has 0 N–H and O–H groups in total. The van der Waals surface area contributed by atoms with Crippen molar-refractivity contribution >= 4 is 10.9 Å². The van der Waals surface area contributed by atoms with E-state index in [2.05, 4.69) is 18.8 Å². The Morgan fingerprint density at radius 3 is 2.84 bits per heavy atom. The zero-order valence-corrected chi connectivity index (χ0v) is 11.4. The number of hydrogen-bond acceptors (Lipinski definition) is 4. The minimum atomic E-state index is -0.400. The molecule has 0 aliphatic carbocycles. The van der Waals surface area contributed by atoms with Crippen LogP contribution in [0.3, 0.4) is 0 Å². The zero-order valence-electron chi connectivity index (χ0n) is 11.4. The van der Waals surface area contributed by atoms with Gasteiger partial charge in [0, 0.05) is 0 Å². The summed E-state index contributed by atoms with van der Waals surface area (Å²) in [6.07, 6.45) is 3.29. The Morgan fingerprint density at radius 1 is 1.26 bits per heavy atom. The lowest BCUT2D eigenvalue weighted by Crippen LogP contribution is -2.06. The average molecular weight is 261 g/mol. The number of para-hydroxylation sites is 1. The maximum absolute atomic E-state index is 11.7. The average Bonchev–Trinajstić information content (AvgIpc) is 2.38. The summed E-state index contributed by atoms with van der Waals surface area (Å²) in [4.78, 5) is 15.9. The van der Waals surface area contributed by atoms with Gasteiger partial charge in [-0.2, -0.15) is 4.98 Å². The highest BCUT2D eigenvalue weighted by Gasteiger charge is 2.06. The molecule has 0 aliphatic rings. The first kappa shape index (κ1) is 13.6. The molecule has 1 aromatic carbocycles. The van der Waals surface area contributed by atoms with E-state index >= 15 is 0 Å². The van der Waals surface area contributed by atoms with E-state index in [1.54, 1.807) is 18.2 Å². The Hall–Kier alpha value is -1.84. The van der Waals surface area contributed by atoms with Crippen molar-refractivity contribution in [1.82, 2.24) is 4.98 Å². The van der Waals surface area contributed by atoms with E-state index in [-0.39, 0.29) is 6.08 Å². The normalized spacial score (nSPS) is 11.1. The summed E-state index contributed by atoms with van der Waals surface area (Å²) in [5.74, 6) is 0.705. The molecule has 0 unspecified atom stereocenters. The van der Waals surface area contributed by atoms with Crippen LogP contribution < -0.4 is 10.4 Å². The van der Waals surface area contributed by atoms with E-state index in [1.165, 1.54) is 6.42 Å². The van der Waals surface area contributed by atoms with Crippen LogP contribution in [0.15, 0.2) is 33.5 Å². The molecule has 0 amide bonds. The predicted molar refractivity (Wildman–Crippen MR) is 74.5 cm³/mol. The number of hydrogen-bond donors (Lipinski definition) is 0. The molecule has 0 bridgehead atoms. The first-order valence-electron chi connectivity index (χ1n) is 6.69. The number of nitrogens with zero attached hydrogens (tertiary/aromatic N) is 1. The summed E-state index contributed by atoms with van der Waals surface area (Å²) in [6.45, 7) is 4.93. The third kappa shape index (κ3) is 3.81. The lowest BCUT2D eigenvalue weighted by molar-refractivity contribution is 0.210. The van der Waals surface area contributed by atoms with E-state index in [1.807, 2.05) is 6.07 Å². The van der Waals surface area contributed by atoms with Crippen molar-refractivity contribution in [2.45, 2.75) is 33.1 Å². The van der Waals surface area contributed by atoms with Crippen molar-refractivity contribution in [3.05, 3.63) is 34.7 Å². The quantitative estimate of drug-likeness (QED) is 0.748. The zero-order chi connectivity index (χ0) is 13.7. The number of unbranched alkanes of at least 4 members (excludes halogenated alkanes) is 1. The molecule has 0 spiro atoms. The Bertz CT molecular complexity index is 589. The third-order valence-corrected chi connectivity index (χ3v) is 2.92. The minimum absolute atomic E-state index is 0.0632. The van der Waals surface area contributed by atoms with E-state index in [0.29, 0.717) is 23.4 Å². The van der Waals surface area contributed by atoms with Gasteiger partial charge >= 0.3 is 11.7 Å². The molecule has 0 radical (unpaired) electrons. The van der Waals surface area contributed by atoms with Gasteiger partial charge in [-0.25, -0.2) is 4.79 Å². The number of rotatable bonds is 6. The first-order valence-corrected chi connectivity index (χ1v) is 6.69. The smallest absolute Gasteiger partial charge is 0.397 e. The van der Waals surface area contributed by atoms with E-state index < -0.39 is 5.63 Å². The fourth-order valence-electron chi connectivity index (χ4n) is 1.88. The predicted octanol–water partition coefficient (Wildman–Crippen LogP) is 3.39. The summed E-state index contributed by atoms with van der Waals surface area (Å²) >= 11 is 0. The molecule has 0 fully saturated rings. The molecule has 4 nitrogen and oxygen atoms in total. The van der Waals surface area contributed by atoms with Gasteiger partial charge < -0.3 is 9.15 Å². The van der Waals surface area contributed by atoms with Crippen LogP contribution in [-0.4, -0.2) is 11.6 Å². The molecule has 0 saturated heterocycles. The van der Waals surface area contributed by atoms with Crippen LogP contribution in [0.2, 0.25) is 0 Å². The van der Waals surface area contributed by atoms with Crippen molar-refractivity contribution in [2.75, 3.05) is 6.61 Å². The second-order valence-corrected chi connectivity index (χ2v) is 5.02. The Morgan fingerprint density at radius 2 is 2.05 bits per heavy atom. The maximum Gasteiger partial charge on any atom is 0.397 e. The van der Waals surface area contributed by atoms with E-state index in [4.69, 9.17) is 9.15 Å². The molecule has 4 heteroatoms. The monoisotopic (exact) mass is 261 g/mol. The molecular formula is C15H19NO3. The van der Waals surface area contributed by atoms with Gasteiger partial charge in [0.05, 0.1) is 17.5 Å². The van der Waals surface area contributed by atoms with Crippen molar-refractivity contribution < 1.29 is 9.15 Å². The van der Waals surface area contributed by atoms with Crippen LogP contribution in [-0.2, 0) is 0 Å². The SMILES string of the molecule is CC(C)CCCCOc1nc2ccccc2c(=O)o1. The molecule has 2 rings (SSSR count). The molecule has 0 saturated carbocycles. The lowest BCUT2D eigenvalue weighted by atomic mass is 10.1. The van der Waals surface area contributed by atoms with Crippen LogP contribution in [0.25, 0.3) is 10.9 Å². The highest BCUT2D eigenvalue weighted by atomic mass is 16.6. The topological polar surface area (TPSA) is 52.3 Å². The number of ether oxygens (including phenoxy) is 1. The number of benzene rings is 1. The molecule has 19 heavy (non-hydrogen) atoms. The van der Waals surface area contributed by atoms with Gasteiger partial charge in [-0.1, -0.05) is 32.4 Å². The van der Waals surface area contributed by atoms with E-state index in [9.17, 15) is 4.79 Å². The van der Waals surface area contributed by atoms with E-state index in [0.717, 1.165) is 12.8 Å². The van der Waals surface area contributed by atoms with Crippen molar-refractivity contribution in [2.24, 2.45) is 5.92 Å². The first-order chi connectivity index (χ1) is 9.16. The van der Waals surface area contributed by atoms with Gasteiger partial charge in [-0.15, -0.1) is 0 Å². The van der Waals surface area contributed by atoms with Gasteiger partial charge in [-0.3, -0.25) is 0 Å². The van der Waals surface area contributed by atoms with Gasteiger partial charge in [0.2, 0.25) is 0 Å². The minimum Gasteiger partial charge on any atom is -0.450 e. The van der Waals surface area contributed by atoms with Crippen molar-refractivity contribution in [3.8, 4) is 6.08 Å². The van der Waals surface area contributed by atoms with Crippen molar-refractivity contribution in [1.29, 1.82) is 0 Å². The second-order valence-electron chi connectivity index (χ2n) is 5.02. The van der Waals surface area contributed by atoms with Crippen LogP contribution in [0.4, 0.5) is 0 Å². The fourth-order valence-corrected chi connectivity index (χ4v) is 1.88. The van der Waals surface area contributed by atoms with Gasteiger partial charge in [0.15, 0.2) is 0 Å². The summed E-state index contributed by atoms with van der Waals surface area (Å²) in [5.41, 5.74) is 0.207. The largest absolute Gasteiger partial charge is 0.450 e. The van der Waals surface area contributed by atoms with Crippen LogP contribution in [0.1, 0.15) is 33.1 Å². The Balaban J connectivity index is 1.96. The van der Waals surface area contributed by atoms with Crippen LogP contribution >= 0.6 is 0 Å². The second kappa shape index (κ2) is 6.36. The standard InChI is InChI=1S/C15H19NO3/c1-11(2)7-5-6-10-18-15-16-13-9-4-3-8-12(13)14(17)19-15/h3-4,8-9,11H,5-7,10H2,1-2H3. The van der Waals surface area contributed by atoms with Crippen molar-refractivity contribution in [3.63, 3.8) is 0 Å². The number of aromatic nitrogens is 1. The lowest BCUT2D eigenvalue weighted by Gasteiger charge is -2.05. The summed E-state index contributed by atoms with van der Waals surface area (Å²) in [5, 5.41) is 0.481. The highest BCUT2D eigenvalue weighted by molar-refractivity contribution is 5.76. The van der Waals surface area contributed by atoms with Gasteiger partial charge in [0.1, 0.15) is 0 Å². The molecular weight excluding hydrogens is 242 g/mol. The summed E-state index contributed by atoms with van der Waals surface area (Å²) in [7, 11) is 0. The molecule has 0 aliphatic heterocycles. The maximum atomic E-state index is 11.7. The van der Waals surface area contributed by atoms with Gasteiger partial charge in [0.25, 0.3) is 0 Å². The molecule has 0 atom stereocenters. The fraction of sp³-hybridized carbons (Fsp3) is 0.467. The molecule has 2 aromatic rings. The Labute approximate surface area is 112 Å². The highest BCUT2D eigenvalue weighted by Crippen LogP contribution is 2.12. The third-order valence-electron chi connectivity index (χ3n) is 2.92. The molecule has 1 heterocycles.